The number of H-pyrrole nitrogens is 1. The Labute approximate surface area is 123 Å². The summed E-state index contributed by atoms with van der Waals surface area (Å²) in [6, 6.07) is 8.40. The molecule has 0 bridgehead atoms. The summed E-state index contributed by atoms with van der Waals surface area (Å²) in [6.07, 6.45) is 1.63. The first kappa shape index (κ1) is 13.4. The van der Waals surface area contributed by atoms with Crippen LogP contribution in [0.25, 0.3) is 11.2 Å². The molecule has 2 aromatic heterocycles. The van der Waals surface area contributed by atoms with Gasteiger partial charge in [0.05, 0.1) is 6.33 Å². The SMILES string of the molecule is CCNc1nc(NCc2cccc(C)c2)c2[nH]cnc2n1. The minimum atomic E-state index is 0.587. The van der Waals surface area contributed by atoms with E-state index in [1.54, 1.807) is 6.33 Å². The maximum atomic E-state index is 4.50. The molecule has 0 saturated heterocycles. The number of aromatic nitrogens is 4. The molecule has 0 saturated carbocycles. The van der Waals surface area contributed by atoms with Crippen LogP contribution >= 0.6 is 0 Å². The van der Waals surface area contributed by atoms with Crippen LogP contribution in [0, 0.1) is 6.92 Å². The molecule has 0 fully saturated rings. The second-order valence-electron chi connectivity index (χ2n) is 4.87. The molecule has 0 spiro atoms. The number of nitrogens with one attached hydrogen (secondary N) is 3. The Bertz CT molecular complexity index is 749. The lowest BCUT2D eigenvalue weighted by Gasteiger charge is -2.09. The first-order chi connectivity index (χ1) is 10.3. The Morgan fingerprint density at radius 2 is 2.10 bits per heavy atom. The molecule has 0 atom stereocenters. The number of aryl methyl sites for hydroxylation is 1. The summed E-state index contributed by atoms with van der Waals surface area (Å²) in [6.45, 7) is 5.58. The third-order valence-corrected chi connectivity index (χ3v) is 3.16. The largest absolute Gasteiger partial charge is 0.364 e. The van der Waals surface area contributed by atoms with Gasteiger partial charge in [0.25, 0.3) is 0 Å². The normalized spacial score (nSPS) is 10.8. The van der Waals surface area contributed by atoms with Crippen LogP contribution in [0.1, 0.15) is 18.1 Å². The predicted octanol–water partition coefficient (Wildman–Crippen LogP) is 2.71. The van der Waals surface area contributed by atoms with E-state index in [1.165, 1.54) is 11.1 Å². The van der Waals surface area contributed by atoms with E-state index in [9.17, 15) is 0 Å². The van der Waals surface area contributed by atoms with Crippen LogP contribution in [-0.2, 0) is 6.54 Å². The van der Waals surface area contributed by atoms with Gasteiger partial charge in [0.1, 0.15) is 5.52 Å². The van der Waals surface area contributed by atoms with Gasteiger partial charge in [-0.3, -0.25) is 0 Å². The van der Waals surface area contributed by atoms with Crippen molar-refractivity contribution in [3.63, 3.8) is 0 Å². The van der Waals surface area contributed by atoms with Crippen LogP contribution in [0.5, 0.6) is 0 Å². The van der Waals surface area contributed by atoms with E-state index in [4.69, 9.17) is 0 Å². The molecule has 6 heteroatoms. The van der Waals surface area contributed by atoms with Gasteiger partial charge < -0.3 is 15.6 Å². The van der Waals surface area contributed by atoms with Crippen molar-refractivity contribution in [3.8, 4) is 0 Å². The molecule has 0 aliphatic carbocycles. The summed E-state index contributed by atoms with van der Waals surface area (Å²) in [5.41, 5.74) is 3.94. The molecule has 108 valence electrons. The van der Waals surface area contributed by atoms with Crippen molar-refractivity contribution in [3.05, 3.63) is 41.7 Å². The Hall–Kier alpha value is -2.63. The van der Waals surface area contributed by atoms with Gasteiger partial charge in [-0.2, -0.15) is 9.97 Å². The number of hydrogen-bond donors (Lipinski definition) is 3. The Morgan fingerprint density at radius 1 is 1.19 bits per heavy atom. The fourth-order valence-corrected chi connectivity index (χ4v) is 2.21. The molecule has 0 radical (unpaired) electrons. The van der Waals surface area contributed by atoms with Gasteiger partial charge in [0.15, 0.2) is 11.5 Å². The third-order valence-electron chi connectivity index (χ3n) is 3.16. The van der Waals surface area contributed by atoms with E-state index in [0.29, 0.717) is 18.1 Å². The molecule has 3 aromatic rings. The summed E-state index contributed by atoms with van der Waals surface area (Å²) in [5.74, 6) is 1.35. The molecule has 2 heterocycles. The molecule has 0 amide bonds. The zero-order valence-electron chi connectivity index (χ0n) is 12.1. The molecular formula is C15H18N6. The lowest BCUT2D eigenvalue weighted by atomic mass is 10.1. The van der Waals surface area contributed by atoms with Crippen molar-refractivity contribution < 1.29 is 0 Å². The Morgan fingerprint density at radius 3 is 2.90 bits per heavy atom. The number of benzene rings is 1. The van der Waals surface area contributed by atoms with E-state index < -0.39 is 0 Å². The number of hydrogen-bond acceptors (Lipinski definition) is 5. The molecule has 3 rings (SSSR count). The standard InChI is InChI=1S/C15H18N6/c1-3-16-15-20-13(12-14(21-15)19-9-18-12)17-8-11-6-4-5-10(2)7-11/h4-7,9H,3,8H2,1-2H3,(H3,16,17,18,19,20,21). The topological polar surface area (TPSA) is 78.5 Å². The predicted molar refractivity (Wildman–Crippen MR) is 84.4 cm³/mol. The number of aromatic amines is 1. The van der Waals surface area contributed by atoms with Crippen LogP contribution in [-0.4, -0.2) is 26.5 Å². The first-order valence-corrected chi connectivity index (χ1v) is 7.00. The number of fused-ring (bicyclic) bond motifs is 1. The zero-order valence-corrected chi connectivity index (χ0v) is 12.1. The third kappa shape index (κ3) is 2.94. The highest BCUT2D eigenvalue weighted by atomic mass is 15.2. The fourth-order valence-electron chi connectivity index (χ4n) is 2.21. The Balaban J connectivity index is 1.86. The lowest BCUT2D eigenvalue weighted by molar-refractivity contribution is 1.07. The Kier molecular flexibility index (Phi) is 3.68. The van der Waals surface area contributed by atoms with E-state index in [0.717, 1.165) is 17.9 Å². The summed E-state index contributed by atoms with van der Waals surface area (Å²) < 4.78 is 0. The van der Waals surface area contributed by atoms with Gasteiger partial charge in [-0.15, -0.1) is 0 Å². The number of anilines is 2. The average molecular weight is 282 g/mol. The van der Waals surface area contributed by atoms with E-state index in [2.05, 4.69) is 61.8 Å². The molecular weight excluding hydrogens is 264 g/mol. The highest BCUT2D eigenvalue weighted by Gasteiger charge is 2.09. The molecule has 0 aliphatic heterocycles. The highest BCUT2D eigenvalue weighted by molar-refractivity contribution is 5.83. The van der Waals surface area contributed by atoms with Crippen LogP contribution in [0.2, 0.25) is 0 Å². The van der Waals surface area contributed by atoms with Crippen molar-refractivity contribution >= 4 is 22.9 Å². The second kappa shape index (κ2) is 5.78. The molecule has 21 heavy (non-hydrogen) atoms. The van der Waals surface area contributed by atoms with Crippen LogP contribution in [0.4, 0.5) is 11.8 Å². The number of imidazole rings is 1. The quantitative estimate of drug-likeness (QED) is 0.670. The minimum Gasteiger partial charge on any atom is -0.364 e. The molecule has 0 unspecified atom stereocenters. The first-order valence-electron chi connectivity index (χ1n) is 7.00. The monoisotopic (exact) mass is 282 g/mol. The average Bonchev–Trinajstić information content (AvgIpc) is 2.93. The van der Waals surface area contributed by atoms with Crippen molar-refractivity contribution in [1.29, 1.82) is 0 Å². The number of rotatable bonds is 5. The molecule has 6 nitrogen and oxygen atoms in total. The van der Waals surface area contributed by atoms with Crippen molar-refractivity contribution in [2.45, 2.75) is 20.4 Å². The van der Waals surface area contributed by atoms with Gasteiger partial charge >= 0.3 is 0 Å². The van der Waals surface area contributed by atoms with Gasteiger partial charge in [-0.25, -0.2) is 4.98 Å². The molecule has 1 aromatic carbocycles. The van der Waals surface area contributed by atoms with Crippen molar-refractivity contribution in [1.82, 2.24) is 19.9 Å². The van der Waals surface area contributed by atoms with Crippen LogP contribution in [0.15, 0.2) is 30.6 Å². The molecule has 3 N–H and O–H groups in total. The van der Waals surface area contributed by atoms with E-state index in [-0.39, 0.29) is 0 Å². The lowest BCUT2D eigenvalue weighted by Crippen LogP contribution is -2.07. The second-order valence-corrected chi connectivity index (χ2v) is 4.87. The van der Waals surface area contributed by atoms with Crippen molar-refractivity contribution in [2.24, 2.45) is 0 Å². The van der Waals surface area contributed by atoms with E-state index in [1.807, 2.05) is 6.92 Å². The van der Waals surface area contributed by atoms with Gasteiger partial charge in [0.2, 0.25) is 5.95 Å². The van der Waals surface area contributed by atoms with Gasteiger partial charge in [-0.1, -0.05) is 29.8 Å². The summed E-state index contributed by atoms with van der Waals surface area (Å²) >= 11 is 0. The zero-order chi connectivity index (χ0) is 14.7. The summed E-state index contributed by atoms with van der Waals surface area (Å²) in [7, 11) is 0. The maximum Gasteiger partial charge on any atom is 0.226 e. The minimum absolute atomic E-state index is 0.587. The number of nitrogens with zero attached hydrogens (tertiary/aromatic N) is 3. The highest BCUT2D eigenvalue weighted by Crippen LogP contribution is 2.19. The van der Waals surface area contributed by atoms with E-state index >= 15 is 0 Å². The maximum absolute atomic E-state index is 4.50. The van der Waals surface area contributed by atoms with Crippen LogP contribution in [0.3, 0.4) is 0 Å². The van der Waals surface area contributed by atoms with Gasteiger partial charge in [-0.05, 0) is 19.4 Å². The summed E-state index contributed by atoms with van der Waals surface area (Å²) in [4.78, 5) is 16.1. The molecule has 0 aliphatic rings. The fraction of sp³-hybridized carbons (Fsp3) is 0.267. The van der Waals surface area contributed by atoms with Crippen LogP contribution < -0.4 is 10.6 Å². The summed E-state index contributed by atoms with van der Waals surface area (Å²) in [5, 5.41) is 6.47. The van der Waals surface area contributed by atoms with Crippen molar-refractivity contribution in [2.75, 3.05) is 17.2 Å². The van der Waals surface area contributed by atoms with Gasteiger partial charge in [0, 0.05) is 13.1 Å². The smallest absolute Gasteiger partial charge is 0.226 e.